The van der Waals surface area contributed by atoms with Crippen LogP contribution in [0.1, 0.15) is 0 Å². The van der Waals surface area contributed by atoms with E-state index in [0.29, 0.717) is 0 Å². The van der Waals surface area contributed by atoms with Gasteiger partial charge < -0.3 is 15.0 Å². The maximum Gasteiger partial charge on any atom is 0.160 e. The molecule has 50 valence electrons. The lowest BCUT2D eigenvalue weighted by atomic mass is 10.8. The lowest BCUT2D eigenvalue weighted by Crippen LogP contribution is -2.06. The van der Waals surface area contributed by atoms with Gasteiger partial charge in [-0.3, -0.25) is 5.21 Å². The van der Waals surface area contributed by atoms with Gasteiger partial charge >= 0.3 is 0 Å². The lowest BCUT2D eigenvalue weighted by molar-refractivity contribution is 0.293. The summed E-state index contributed by atoms with van der Waals surface area (Å²) >= 11 is 0. The van der Waals surface area contributed by atoms with Gasteiger partial charge in [0.25, 0.3) is 0 Å². The molecule has 1 aromatic heterocycles. The van der Waals surface area contributed by atoms with Crippen LogP contribution in [0.2, 0.25) is 0 Å². The summed E-state index contributed by atoms with van der Waals surface area (Å²) in [5, 5.41) is 18.0. The van der Waals surface area contributed by atoms with Crippen LogP contribution in [0.25, 0.3) is 0 Å². The Labute approximate surface area is 51.7 Å². The molecule has 0 amide bonds. The highest BCUT2D eigenvalue weighted by molar-refractivity contribution is 5.31. The summed E-state index contributed by atoms with van der Waals surface area (Å²) < 4.78 is 1.57. The Morgan fingerprint density at radius 1 is 1.89 bits per heavy atom. The summed E-state index contributed by atoms with van der Waals surface area (Å²) in [5.74, 6) is -0.00231. The summed E-state index contributed by atoms with van der Waals surface area (Å²) in [6, 6.07) is 0. The second-order valence-electron chi connectivity index (χ2n) is 1.67. The van der Waals surface area contributed by atoms with Crippen molar-refractivity contribution in [1.29, 1.82) is 0 Å². The molecule has 0 aliphatic rings. The summed E-state index contributed by atoms with van der Waals surface area (Å²) in [6.07, 6.45) is 2.84. The number of hydrogen-bond donors (Lipinski definition) is 1. The molecular formula is C4H6N3O2-. The first kappa shape index (κ1) is 6.06. The average molecular weight is 128 g/mol. The monoisotopic (exact) mass is 128 g/mol. The van der Waals surface area contributed by atoms with Crippen molar-refractivity contribution < 1.29 is 5.21 Å². The van der Waals surface area contributed by atoms with Crippen LogP contribution in [-0.4, -0.2) is 14.8 Å². The highest BCUT2D eigenvalue weighted by atomic mass is 16.8. The molecule has 9 heavy (non-hydrogen) atoms. The van der Waals surface area contributed by atoms with Crippen molar-refractivity contribution >= 4 is 5.82 Å². The van der Waals surface area contributed by atoms with Crippen LogP contribution in [0.3, 0.4) is 0 Å². The molecule has 0 aliphatic heterocycles. The Morgan fingerprint density at radius 2 is 2.56 bits per heavy atom. The van der Waals surface area contributed by atoms with Gasteiger partial charge in [0.1, 0.15) is 0 Å². The number of hydrogen-bond acceptors (Lipinski definition) is 4. The molecule has 1 aromatic rings. The zero-order valence-corrected chi connectivity index (χ0v) is 4.85. The second kappa shape index (κ2) is 2.04. The Bertz CT molecular complexity index is 195. The van der Waals surface area contributed by atoms with Crippen molar-refractivity contribution in [3.63, 3.8) is 0 Å². The van der Waals surface area contributed by atoms with Crippen LogP contribution >= 0.6 is 0 Å². The van der Waals surface area contributed by atoms with Crippen LogP contribution in [0.15, 0.2) is 12.5 Å². The van der Waals surface area contributed by atoms with Crippen LogP contribution < -0.4 is 5.23 Å². The van der Waals surface area contributed by atoms with E-state index in [1.165, 1.54) is 12.5 Å². The Kier molecular flexibility index (Phi) is 1.37. The van der Waals surface area contributed by atoms with Crippen molar-refractivity contribution in [2.45, 2.75) is 0 Å². The van der Waals surface area contributed by atoms with Crippen molar-refractivity contribution in [1.82, 2.24) is 9.55 Å². The van der Waals surface area contributed by atoms with E-state index >= 15 is 0 Å². The normalized spacial score (nSPS) is 9.67. The number of aryl methyl sites for hydroxylation is 1. The minimum Gasteiger partial charge on any atom is -0.732 e. The van der Waals surface area contributed by atoms with E-state index in [9.17, 15) is 5.21 Å². The molecule has 0 bridgehead atoms. The number of nitrogens with zero attached hydrogens (tertiary/aromatic N) is 3. The molecule has 5 heteroatoms. The molecule has 0 radical (unpaired) electrons. The Morgan fingerprint density at radius 3 is 2.78 bits per heavy atom. The SMILES string of the molecule is Cn1cnc(N([O-])O)c1. The molecule has 1 N–H and O–H groups in total. The summed E-state index contributed by atoms with van der Waals surface area (Å²) in [6.45, 7) is 0. The molecule has 0 fully saturated rings. The van der Waals surface area contributed by atoms with E-state index in [0.717, 1.165) is 0 Å². The zero-order valence-electron chi connectivity index (χ0n) is 4.85. The van der Waals surface area contributed by atoms with Gasteiger partial charge in [-0.15, -0.1) is 0 Å². The fourth-order valence-electron chi connectivity index (χ4n) is 0.498. The molecule has 5 nitrogen and oxygen atoms in total. The molecule has 0 spiro atoms. The third-order valence-electron chi connectivity index (χ3n) is 0.887. The molecule has 0 atom stereocenters. The predicted octanol–water partition coefficient (Wildman–Crippen LogP) is 0.113. The van der Waals surface area contributed by atoms with Crippen molar-refractivity contribution in [3.8, 4) is 0 Å². The Balaban J connectivity index is 2.85. The van der Waals surface area contributed by atoms with Crippen molar-refractivity contribution in [3.05, 3.63) is 17.7 Å². The predicted molar refractivity (Wildman–Crippen MR) is 30.8 cm³/mol. The van der Waals surface area contributed by atoms with Gasteiger partial charge in [-0.2, -0.15) is 0 Å². The molecule has 0 saturated carbocycles. The standard InChI is InChI=1S/C4H6N3O2/c1-6-2-4(5-3-6)7(8)9/h2-3,8H,1H3/q-1. The smallest absolute Gasteiger partial charge is 0.160 e. The molecule has 0 aromatic carbocycles. The first-order chi connectivity index (χ1) is 4.20. The van der Waals surface area contributed by atoms with Gasteiger partial charge in [0, 0.05) is 13.2 Å². The number of imidazole rings is 1. The fourth-order valence-corrected chi connectivity index (χ4v) is 0.498. The molecular weight excluding hydrogens is 122 g/mol. The van der Waals surface area contributed by atoms with E-state index < -0.39 is 0 Å². The van der Waals surface area contributed by atoms with Crippen LogP contribution in [-0.2, 0) is 7.05 Å². The first-order valence-corrected chi connectivity index (χ1v) is 2.34. The van der Waals surface area contributed by atoms with Gasteiger partial charge in [-0.25, -0.2) is 4.98 Å². The van der Waals surface area contributed by atoms with E-state index in [4.69, 9.17) is 5.21 Å². The third kappa shape index (κ3) is 1.18. The van der Waals surface area contributed by atoms with Gasteiger partial charge in [0.05, 0.1) is 6.33 Å². The molecule has 0 unspecified atom stereocenters. The van der Waals surface area contributed by atoms with Crippen LogP contribution in [0.5, 0.6) is 0 Å². The zero-order chi connectivity index (χ0) is 6.85. The third-order valence-corrected chi connectivity index (χ3v) is 0.887. The maximum absolute atomic E-state index is 10.1. The second-order valence-corrected chi connectivity index (χ2v) is 1.67. The molecule has 1 heterocycles. The number of anilines is 1. The molecule has 0 aliphatic carbocycles. The van der Waals surface area contributed by atoms with Crippen molar-refractivity contribution in [2.75, 3.05) is 5.23 Å². The average Bonchev–Trinajstić information content (AvgIpc) is 2.14. The van der Waals surface area contributed by atoms with Gasteiger partial charge in [-0.05, 0) is 0 Å². The topological polar surface area (TPSA) is 64.4 Å². The first-order valence-electron chi connectivity index (χ1n) is 2.34. The Hall–Kier alpha value is -1.07. The van der Waals surface area contributed by atoms with Gasteiger partial charge in [-0.1, -0.05) is 0 Å². The summed E-state index contributed by atoms with van der Waals surface area (Å²) in [4.78, 5) is 3.54. The highest BCUT2D eigenvalue weighted by Gasteiger charge is 1.92. The number of rotatable bonds is 1. The number of aromatic nitrogens is 2. The van der Waals surface area contributed by atoms with Crippen molar-refractivity contribution in [2.24, 2.45) is 7.05 Å². The molecule has 1 rings (SSSR count). The van der Waals surface area contributed by atoms with Crippen LogP contribution in [0, 0.1) is 5.21 Å². The minimum absolute atomic E-state index is 0.00231. The quantitative estimate of drug-likeness (QED) is 0.545. The highest BCUT2D eigenvalue weighted by Crippen LogP contribution is 2.03. The van der Waals surface area contributed by atoms with Gasteiger partial charge in [0.2, 0.25) is 0 Å². The fraction of sp³-hybridized carbons (Fsp3) is 0.250. The maximum atomic E-state index is 10.1. The van der Waals surface area contributed by atoms with Crippen LogP contribution in [0.4, 0.5) is 5.82 Å². The molecule has 0 saturated heterocycles. The summed E-state index contributed by atoms with van der Waals surface area (Å²) in [5.41, 5.74) is 0. The van der Waals surface area contributed by atoms with E-state index in [-0.39, 0.29) is 11.0 Å². The minimum atomic E-state index is -0.278. The van der Waals surface area contributed by atoms with E-state index in [2.05, 4.69) is 4.98 Å². The van der Waals surface area contributed by atoms with Gasteiger partial charge in [0.15, 0.2) is 5.82 Å². The van der Waals surface area contributed by atoms with E-state index in [1.54, 1.807) is 11.6 Å². The lowest BCUT2D eigenvalue weighted by Gasteiger charge is -2.17. The largest absolute Gasteiger partial charge is 0.732 e. The summed E-state index contributed by atoms with van der Waals surface area (Å²) in [7, 11) is 1.71. The van der Waals surface area contributed by atoms with E-state index in [1.807, 2.05) is 0 Å².